The van der Waals surface area contributed by atoms with Crippen molar-refractivity contribution in [2.75, 3.05) is 11.5 Å². The van der Waals surface area contributed by atoms with Gasteiger partial charge >= 0.3 is 0 Å². The highest BCUT2D eigenvalue weighted by atomic mass is 32.2. The summed E-state index contributed by atoms with van der Waals surface area (Å²) in [4.78, 5) is 0. The van der Waals surface area contributed by atoms with Crippen molar-refractivity contribution in [1.29, 1.82) is 0 Å². The third kappa shape index (κ3) is 3.12. The first-order chi connectivity index (χ1) is 8.52. The van der Waals surface area contributed by atoms with E-state index in [-0.39, 0.29) is 6.04 Å². The summed E-state index contributed by atoms with van der Waals surface area (Å²) < 4.78 is 22.8. The second-order valence-electron chi connectivity index (χ2n) is 5.11. The molecular weight excluding hydrogens is 246 g/mol. The number of sulfone groups is 1. The van der Waals surface area contributed by atoms with Gasteiger partial charge in [0.25, 0.3) is 0 Å². The molecule has 0 bridgehead atoms. The second kappa shape index (κ2) is 5.41. The molecule has 1 aliphatic heterocycles. The predicted molar refractivity (Wildman–Crippen MR) is 74.1 cm³/mol. The average molecular weight is 267 g/mol. The lowest BCUT2D eigenvalue weighted by molar-refractivity contribution is 0.392. The lowest BCUT2D eigenvalue weighted by Gasteiger charge is -2.27. The Balaban J connectivity index is 2.04. The molecule has 1 aliphatic rings. The molecule has 2 N–H and O–H groups in total. The molecule has 2 rings (SSSR count). The number of benzene rings is 1. The van der Waals surface area contributed by atoms with Gasteiger partial charge < -0.3 is 5.73 Å². The molecule has 100 valence electrons. The average Bonchev–Trinajstić information content (AvgIpc) is 2.38. The molecule has 1 fully saturated rings. The van der Waals surface area contributed by atoms with E-state index in [1.165, 1.54) is 5.56 Å². The Morgan fingerprint density at radius 2 is 1.78 bits per heavy atom. The van der Waals surface area contributed by atoms with Crippen LogP contribution in [0.2, 0.25) is 0 Å². The quantitative estimate of drug-likeness (QED) is 0.912. The first kappa shape index (κ1) is 13.6. The summed E-state index contributed by atoms with van der Waals surface area (Å²) in [5, 5.41) is 0. The van der Waals surface area contributed by atoms with Crippen molar-refractivity contribution in [1.82, 2.24) is 0 Å². The summed E-state index contributed by atoms with van der Waals surface area (Å²) in [7, 11) is -2.80. The molecule has 3 nitrogen and oxygen atoms in total. The smallest absolute Gasteiger partial charge is 0.150 e. The van der Waals surface area contributed by atoms with Gasteiger partial charge in [-0.2, -0.15) is 0 Å². The highest BCUT2D eigenvalue weighted by molar-refractivity contribution is 7.91. The number of aryl methyl sites for hydroxylation is 1. The van der Waals surface area contributed by atoms with Crippen molar-refractivity contribution < 1.29 is 8.42 Å². The van der Waals surface area contributed by atoms with Gasteiger partial charge in [-0.15, -0.1) is 0 Å². The lowest BCUT2D eigenvalue weighted by Crippen LogP contribution is -2.30. The van der Waals surface area contributed by atoms with Crippen LogP contribution < -0.4 is 5.73 Å². The van der Waals surface area contributed by atoms with Crippen LogP contribution in [-0.4, -0.2) is 19.9 Å². The number of rotatable bonds is 3. The van der Waals surface area contributed by atoms with Crippen LogP contribution in [0.1, 0.15) is 36.9 Å². The van der Waals surface area contributed by atoms with Crippen molar-refractivity contribution in [2.24, 2.45) is 11.7 Å². The zero-order valence-corrected chi connectivity index (χ0v) is 11.6. The fraction of sp³-hybridized carbons (Fsp3) is 0.571. The van der Waals surface area contributed by atoms with Gasteiger partial charge in [-0.1, -0.05) is 31.2 Å². The first-order valence-corrected chi connectivity index (χ1v) is 8.39. The Morgan fingerprint density at radius 3 is 2.28 bits per heavy atom. The molecule has 0 amide bonds. The SMILES string of the molecule is CCc1ccc(C(N)C2CCS(=O)(=O)CC2)cc1. The van der Waals surface area contributed by atoms with Crippen LogP contribution in [0.4, 0.5) is 0 Å². The minimum absolute atomic E-state index is 0.0357. The normalized spacial score (nSPS) is 21.7. The van der Waals surface area contributed by atoms with E-state index in [1.807, 2.05) is 0 Å². The van der Waals surface area contributed by atoms with Gasteiger partial charge in [-0.25, -0.2) is 8.42 Å². The maximum absolute atomic E-state index is 11.4. The van der Waals surface area contributed by atoms with Gasteiger partial charge in [-0.3, -0.25) is 0 Å². The Hall–Kier alpha value is -0.870. The van der Waals surface area contributed by atoms with Gasteiger partial charge in [0.05, 0.1) is 11.5 Å². The third-order valence-corrected chi connectivity index (χ3v) is 5.60. The molecule has 1 heterocycles. The predicted octanol–water partition coefficient (Wildman–Crippen LogP) is 2.07. The summed E-state index contributed by atoms with van der Waals surface area (Å²) in [6.45, 7) is 2.13. The van der Waals surface area contributed by atoms with Crippen molar-refractivity contribution >= 4 is 9.84 Å². The summed E-state index contributed by atoms with van der Waals surface area (Å²) in [5.41, 5.74) is 8.68. The molecule has 1 aromatic rings. The van der Waals surface area contributed by atoms with E-state index in [2.05, 4.69) is 31.2 Å². The Kier molecular flexibility index (Phi) is 4.07. The zero-order valence-electron chi connectivity index (χ0n) is 10.8. The molecule has 0 aliphatic carbocycles. The Labute approximate surface area is 109 Å². The largest absolute Gasteiger partial charge is 0.324 e. The van der Waals surface area contributed by atoms with Crippen LogP contribution in [0.5, 0.6) is 0 Å². The van der Waals surface area contributed by atoms with Crippen LogP contribution in [0.3, 0.4) is 0 Å². The molecule has 0 saturated carbocycles. The second-order valence-corrected chi connectivity index (χ2v) is 7.41. The fourth-order valence-electron chi connectivity index (χ4n) is 2.52. The summed E-state index contributed by atoms with van der Waals surface area (Å²) in [6, 6.07) is 8.33. The number of hydrogen-bond acceptors (Lipinski definition) is 3. The molecule has 0 aromatic heterocycles. The van der Waals surface area contributed by atoms with Gasteiger partial charge in [0, 0.05) is 6.04 Å². The number of hydrogen-bond donors (Lipinski definition) is 1. The van der Waals surface area contributed by atoms with E-state index in [4.69, 9.17) is 5.73 Å². The van der Waals surface area contributed by atoms with E-state index in [1.54, 1.807) is 0 Å². The lowest BCUT2D eigenvalue weighted by atomic mass is 9.89. The van der Waals surface area contributed by atoms with Crippen LogP contribution in [0, 0.1) is 5.92 Å². The van der Waals surface area contributed by atoms with Crippen LogP contribution in [0.25, 0.3) is 0 Å². The van der Waals surface area contributed by atoms with Crippen LogP contribution >= 0.6 is 0 Å². The standard InChI is InChI=1S/C14H21NO2S/c1-2-11-3-5-12(6-4-11)14(15)13-7-9-18(16,17)10-8-13/h3-6,13-14H,2,7-10,15H2,1H3. The topological polar surface area (TPSA) is 60.2 Å². The van der Waals surface area contributed by atoms with E-state index in [0.717, 1.165) is 12.0 Å². The number of nitrogens with two attached hydrogens (primary N) is 1. The molecular formula is C14H21NO2S. The van der Waals surface area contributed by atoms with E-state index in [0.29, 0.717) is 30.3 Å². The first-order valence-electron chi connectivity index (χ1n) is 6.56. The zero-order chi connectivity index (χ0) is 13.2. The van der Waals surface area contributed by atoms with Crippen molar-refractivity contribution in [3.63, 3.8) is 0 Å². The third-order valence-electron chi connectivity index (χ3n) is 3.88. The highest BCUT2D eigenvalue weighted by Gasteiger charge is 2.28. The maximum atomic E-state index is 11.4. The van der Waals surface area contributed by atoms with E-state index in [9.17, 15) is 8.42 Å². The molecule has 0 spiro atoms. The summed E-state index contributed by atoms with van der Waals surface area (Å²) in [5.74, 6) is 0.873. The van der Waals surface area contributed by atoms with E-state index >= 15 is 0 Å². The van der Waals surface area contributed by atoms with Gasteiger partial charge in [0.15, 0.2) is 0 Å². The maximum Gasteiger partial charge on any atom is 0.150 e. The molecule has 4 heteroatoms. The Morgan fingerprint density at radius 1 is 1.22 bits per heavy atom. The monoisotopic (exact) mass is 267 g/mol. The molecule has 1 atom stereocenters. The van der Waals surface area contributed by atoms with Crippen molar-refractivity contribution in [3.05, 3.63) is 35.4 Å². The van der Waals surface area contributed by atoms with Gasteiger partial charge in [0.2, 0.25) is 0 Å². The van der Waals surface area contributed by atoms with Gasteiger partial charge in [-0.05, 0) is 36.3 Å². The van der Waals surface area contributed by atoms with Crippen LogP contribution in [0.15, 0.2) is 24.3 Å². The molecule has 1 aromatic carbocycles. The van der Waals surface area contributed by atoms with Crippen molar-refractivity contribution in [3.8, 4) is 0 Å². The van der Waals surface area contributed by atoms with Gasteiger partial charge in [0.1, 0.15) is 9.84 Å². The van der Waals surface area contributed by atoms with Crippen molar-refractivity contribution in [2.45, 2.75) is 32.2 Å². The molecule has 18 heavy (non-hydrogen) atoms. The van der Waals surface area contributed by atoms with E-state index < -0.39 is 9.84 Å². The Bertz CT molecular complexity index is 479. The summed E-state index contributed by atoms with van der Waals surface area (Å²) in [6.07, 6.45) is 2.41. The summed E-state index contributed by atoms with van der Waals surface area (Å²) >= 11 is 0. The molecule has 1 saturated heterocycles. The fourth-order valence-corrected chi connectivity index (χ4v) is 4.04. The minimum atomic E-state index is -2.80. The van der Waals surface area contributed by atoms with Crippen LogP contribution in [-0.2, 0) is 16.3 Å². The molecule has 0 radical (unpaired) electrons. The minimum Gasteiger partial charge on any atom is -0.324 e. The highest BCUT2D eigenvalue weighted by Crippen LogP contribution is 2.29. The molecule has 1 unspecified atom stereocenters.